The van der Waals surface area contributed by atoms with E-state index in [0.29, 0.717) is 0 Å². The van der Waals surface area contributed by atoms with Crippen molar-refractivity contribution in [2.75, 3.05) is 13.2 Å². The Hall–Kier alpha value is 1.18. The van der Waals surface area contributed by atoms with Crippen LogP contribution in [0.5, 0.6) is 0 Å². The molecule has 0 atom stereocenters. The molecule has 0 saturated heterocycles. The maximum atomic E-state index is 5.39. The number of hydrogen-bond donors (Lipinski definition) is 0. The van der Waals surface area contributed by atoms with Crippen molar-refractivity contribution in [1.82, 2.24) is 0 Å². The van der Waals surface area contributed by atoms with Gasteiger partial charge >= 0.3 is 90.6 Å². The maximum absolute atomic E-state index is 5.39. The zero-order valence-corrected chi connectivity index (χ0v) is 9.97. The Balaban J connectivity index is 2.69. The van der Waals surface area contributed by atoms with Crippen molar-refractivity contribution in [3.8, 4) is 0 Å². The standard InChI is InChI=1S/2C4H9O.Ca/c2*1-2-3-4-5;/h2*2-4H2,1H3;/q2*-1;+2. The van der Waals surface area contributed by atoms with Crippen LogP contribution in [0.25, 0.3) is 0 Å². The van der Waals surface area contributed by atoms with Crippen LogP contribution in [-0.4, -0.2) is 48.2 Å². The monoisotopic (exact) mass is 186 g/mol. The molecule has 0 rings (SSSR count). The Morgan fingerprint density at radius 3 is 1.73 bits per heavy atom. The van der Waals surface area contributed by atoms with Crippen LogP contribution in [0.1, 0.15) is 39.5 Å². The first-order valence-corrected chi connectivity index (χ1v) is 6.37. The number of hydrogen-bond acceptors (Lipinski definition) is 2. The Morgan fingerprint density at radius 2 is 1.36 bits per heavy atom. The van der Waals surface area contributed by atoms with Crippen molar-refractivity contribution in [3.63, 3.8) is 0 Å². The first-order valence-electron chi connectivity index (χ1n) is 4.57. The molecular formula is C8H18CaO2. The molecular weight excluding hydrogens is 168 g/mol. The van der Waals surface area contributed by atoms with E-state index in [-0.39, 0.29) is 0 Å². The fourth-order valence-electron chi connectivity index (χ4n) is 0.670. The van der Waals surface area contributed by atoms with Crippen LogP contribution in [-0.2, 0) is 2.89 Å². The average Bonchev–Trinajstić information content (AvgIpc) is 2.03. The minimum atomic E-state index is -1.01. The van der Waals surface area contributed by atoms with Crippen molar-refractivity contribution < 1.29 is 2.89 Å². The predicted molar refractivity (Wildman–Crippen MR) is 47.5 cm³/mol. The minimum absolute atomic E-state index is 0.919. The molecule has 0 aliphatic carbocycles. The molecule has 0 unspecified atom stereocenters. The van der Waals surface area contributed by atoms with E-state index in [2.05, 4.69) is 13.8 Å². The van der Waals surface area contributed by atoms with Gasteiger partial charge < -0.3 is 0 Å². The zero-order valence-electron chi connectivity index (χ0n) is 7.77. The van der Waals surface area contributed by atoms with Gasteiger partial charge in [-0.3, -0.25) is 0 Å². The van der Waals surface area contributed by atoms with E-state index in [1.165, 1.54) is 25.7 Å². The normalized spacial score (nSPS) is 9.64. The molecule has 0 spiro atoms. The van der Waals surface area contributed by atoms with Gasteiger partial charge in [-0.1, -0.05) is 0 Å². The van der Waals surface area contributed by atoms with Gasteiger partial charge in [-0.05, 0) is 0 Å². The van der Waals surface area contributed by atoms with Crippen LogP contribution in [0.15, 0.2) is 0 Å². The molecule has 11 heavy (non-hydrogen) atoms. The summed E-state index contributed by atoms with van der Waals surface area (Å²) in [4.78, 5) is 0. The summed E-state index contributed by atoms with van der Waals surface area (Å²) in [5, 5.41) is 0. The molecule has 0 heterocycles. The van der Waals surface area contributed by atoms with Gasteiger partial charge in [0.15, 0.2) is 0 Å². The summed E-state index contributed by atoms with van der Waals surface area (Å²) >= 11 is -1.01. The summed E-state index contributed by atoms with van der Waals surface area (Å²) < 4.78 is 10.8. The molecule has 0 aromatic carbocycles. The fraction of sp³-hybridized carbons (Fsp3) is 1.00. The SMILES string of the molecule is CCCC[O][Ca][O]CCCC. The van der Waals surface area contributed by atoms with Gasteiger partial charge in [0.25, 0.3) is 0 Å². The summed E-state index contributed by atoms with van der Waals surface area (Å²) in [6.45, 7) is 6.19. The molecule has 0 aliphatic heterocycles. The number of unbranched alkanes of at least 4 members (excludes halogenated alkanes) is 2. The fourth-order valence-corrected chi connectivity index (χ4v) is 1.86. The van der Waals surface area contributed by atoms with Crippen molar-refractivity contribution in [3.05, 3.63) is 0 Å². The third-order valence-corrected chi connectivity index (χ3v) is 2.87. The van der Waals surface area contributed by atoms with Crippen LogP contribution in [0.3, 0.4) is 0 Å². The molecule has 0 saturated carbocycles. The average molecular weight is 186 g/mol. The summed E-state index contributed by atoms with van der Waals surface area (Å²) in [5.74, 6) is 0. The first kappa shape index (κ1) is 12.2. The van der Waals surface area contributed by atoms with Gasteiger partial charge in [0.05, 0.1) is 0 Å². The van der Waals surface area contributed by atoms with E-state index in [1.807, 2.05) is 0 Å². The van der Waals surface area contributed by atoms with E-state index >= 15 is 0 Å². The molecule has 0 bridgehead atoms. The first-order chi connectivity index (χ1) is 5.41. The molecule has 0 aromatic rings. The van der Waals surface area contributed by atoms with Gasteiger partial charge in [-0.15, -0.1) is 0 Å². The summed E-state index contributed by atoms with van der Waals surface area (Å²) in [7, 11) is 0. The van der Waals surface area contributed by atoms with Crippen molar-refractivity contribution >= 4 is 35.0 Å². The Bertz CT molecular complexity index is 61.1. The predicted octanol–water partition coefficient (Wildman–Crippen LogP) is 2.15. The van der Waals surface area contributed by atoms with E-state index in [9.17, 15) is 0 Å². The molecule has 0 fully saturated rings. The summed E-state index contributed by atoms with van der Waals surface area (Å²) in [6.07, 6.45) is 4.80. The second-order valence-corrected chi connectivity index (χ2v) is 4.28. The molecule has 3 heteroatoms. The molecule has 0 aliphatic rings. The molecule has 2 nitrogen and oxygen atoms in total. The van der Waals surface area contributed by atoms with Gasteiger partial charge in [-0.2, -0.15) is 0 Å². The Morgan fingerprint density at radius 1 is 0.909 bits per heavy atom. The molecule has 0 aromatic heterocycles. The van der Waals surface area contributed by atoms with Crippen LogP contribution in [0.2, 0.25) is 0 Å². The second kappa shape index (κ2) is 11.2. The van der Waals surface area contributed by atoms with Crippen molar-refractivity contribution in [2.45, 2.75) is 39.5 Å². The van der Waals surface area contributed by atoms with E-state index in [0.717, 1.165) is 13.2 Å². The zero-order chi connectivity index (χ0) is 8.36. The van der Waals surface area contributed by atoms with Crippen molar-refractivity contribution in [1.29, 1.82) is 0 Å². The second-order valence-electron chi connectivity index (χ2n) is 2.64. The van der Waals surface area contributed by atoms with Gasteiger partial charge in [0, 0.05) is 0 Å². The molecule has 0 N–H and O–H groups in total. The van der Waals surface area contributed by atoms with Crippen molar-refractivity contribution in [2.24, 2.45) is 0 Å². The number of rotatable bonds is 8. The van der Waals surface area contributed by atoms with E-state index < -0.39 is 35.0 Å². The quantitative estimate of drug-likeness (QED) is 0.427. The molecule has 0 amide bonds. The summed E-state index contributed by atoms with van der Waals surface area (Å²) in [5.41, 5.74) is 0. The molecule has 64 valence electrons. The molecule has 0 radical (unpaired) electrons. The van der Waals surface area contributed by atoms with Crippen LogP contribution < -0.4 is 0 Å². The van der Waals surface area contributed by atoms with E-state index in [1.54, 1.807) is 0 Å². The van der Waals surface area contributed by atoms with Crippen LogP contribution in [0.4, 0.5) is 0 Å². The third-order valence-electron chi connectivity index (χ3n) is 1.45. The Kier molecular flexibility index (Phi) is 12.4. The van der Waals surface area contributed by atoms with Crippen LogP contribution in [0, 0.1) is 0 Å². The van der Waals surface area contributed by atoms with Gasteiger partial charge in [-0.25, -0.2) is 0 Å². The van der Waals surface area contributed by atoms with Crippen LogP contribution >= 0.6 is 0 Å². The topological polar surface area (TPSA) is 18.5 Å². The van der Waals surface area contributed by atoms with Gasteiger partial charge in [0.1, 0.15) is 0 Å². The van der Waals surface area contributed by atoms with E-state index in [4.69, 9.17) is 2.89 Å². The third kappa shape index (κ3) is 11.2. The van der Waals surface area contributed by atoms with Gasteiger partial charge in [0.2, 0.25) is 0 Å². The Labute approximate surface area is 89.9 Å². The summed E-state index contributed by atoms with van der Waals surface area (Å²) in [6, 6.07) is 0.